The fourth-order valence-electron chi connectivity index (χ4n) is 3.72. The number of ether oxygens (including phenoxy) is 2. The first-order chi connectivity index (χ1) is 13.7. The number of hydrogen-bond donors (Lipinski definition) is 1. The summed E-state index contributed by atoms with van der Waals surface area (Å²) in [6.07, 6.45) is 7.32. The van der Waals surface area contributed by atoms with Gasteiger partial charge in [-0.15, -0.1) is 0 Å². The number of rotatable bonds is 7. The van der Waals surface area contributed by atoms with E-state index >= 15 is 0 Å². The summed E-state index contributed by atoms with van der Waals surface area (Å²) in [5.74, 6) is 0.801. The SMILES string of the molecule is COCCn1cncc1CN1CC[C@@H](Oc2cccc3cnccc23)[C@H](O)C1. The molecule has 3 aromatic rings. The summed E-state index contributed by atoms with van der Waals surface area (Å²) in [6.45, 7) is 3.63. The summed E-state index contributed by atoms with van der Waals surface area (Å²) in [7, 11) is 1.70. The third-order valence-electron chi connectivity index (χ3n) is 5.24. The zero-order valence-corrected chi connectivity index (χ0v) is 16.1. The van der Waals surface area contributed by atoms with Crippen LogP contribution >= 0.6 is 0 Å². The second-order valence-electron chi connectivity index (χ2n) is 7.17. The minimum absolute atomic E-state index is 0.214. The number of hydrogen-bond acceptors (Lipinski definition) is 6. The first-order valence-corrected chi connectivity index (χ1v) is 9.62. The monoisotopic (exact) mass is 382 g/mol. The number of aliphatic hydroxyl groups is 1. The average molecular weight is 382 g/mol. The van der Waals surface area contributed by atoms with Gasteiger partial charge in [-0.1, -0.05) is 12.1 Å². The van der Waals surface area contributed by atoms with Gasteiger partial charge in [0, 0.05) is 62.7 Å². The number of methoxy groups -OCH3 is 1. The summed E-state index contributed by atoms with van der Waals surface area (Å²) < 4.78 is 13.5. The van der Waals surface area contributed by atoms with Crippen molar-refractivity contribution in [3.8, 4) is 5.75 Å². The predicted molar refractivity (Wildman–Crippen MR) is 106 cm³/mol. The number of nitrogens with zero attached hydrogens (tertiary/aromatic N) is 4. The molecule has 1 aliphatic heterocycles. The number of fused-ring (bicyclic) bond motifs is 1. The molecule has 7 heteroatoms. The van der Waals surface area contributed by atoms with Gasteiger partial charge in [-0.05, 0) is 18.6 Å². The predicted octanol–water partition coefficient (Wildman–Crippen LogP) is 2.09. The van der Waals surface area contributed by atoms with E-state index in [4.69, 9.17) is 9.47 Å². The van der Waals surface area contributed by atoms with E-state index in [9.17, 15) is 5.11 Å². The van der Waals surface area contributed by atoms with Crippen molar-refractivity contribution in [3.05, 3.63) is 54.9 Å². The standard InChI is InChI=1S/C21H26N4O3/c1-27-10-9-25-15-23-12-17(25)13-24-8-6-21(19(26)14-24)28-20-4-2-3-16-11-22-7-5-18(16)20/h2-5,7,11-12,15,19,21,26H,6,8-10,13-14H2,1H3/t19-,21-/m1/s1. The highest BCUT2D eigenvalue weighted by molar-refractivity contribution is 5.87. The zero-order chi connectivity index (χ0) is 19.3. The third-order valence-corrected chi connectivity index (χ3v) is 5.24. The first kappa shape index (κ1) is 18.9. The molecule has 148 valence electrons. The second kappa shape index (κ2) is 8.68. The smallest absolute Gasteiger partial charge is 0.127 e. The van der Waals surface area contributed by atoms with E-state index in [1.807, 2.05) is 43.0 Å². The maximum absolute atomic E-state index is 10.7. The molecule has 7 nitrogen and oxygen atoms in total. The molecule has 0 amide bonds. The summed E-state index contributed by atoms with van der Waals surface area (Å²) in [5.41, 5.74) is 1.13. The van der Waals surface area contributed by atoms with Crippen LogP contribution in [0.15, 0.2) is 49.2 Å². The van der Waals surface area contributed by atoms with Crippen molar-refractivity contribution in [1.29, 1.82) is 0 Å². The van der Waals surface area contributed by atoms with Crippen LogP contribution in [0.3, 0.4) is 0 Å². The molecule has 1 N–H and O–H groups in total. The molecule has 0 unspecified atom stereocenters. The Kier molecular flexibility index (Phi) is 5.85. The number of pyridine rings is 1. The quantitative estimate of drug-likeness (QED) is 0.675. The molecule has 0 bridgehead atoms. The molecule has 0 spiro atoms. The maximum Gasteiger partial charge on any atom is 0.127 e. The second-order valence-corrected chi connectivity index (χ2v) is 7.17. The maximum atomic E-state index is 10.7. The Morgan fingerprint density at radius 1 is 1.21 bits per heavy atom. The Morgan fingerprint density at radius 3 is 3.00 bits per heavy atom. The summed E-state index contributed by atoms with van der Waals surface area (Å²) >= 11 is 0. The number of aliphatic hydroxyl groups excluding tert-OH is 1. The number of benzene rings is 1. The highest BCUT2D eigenvalue weighted by Crippen LogP contribution is 2.28. The first-order valence-electron chi connectivity index (χ1n) is 9.62. The van der Waals surface area contributed by atoms with Crippen LogP contribution in [0.2, 0.25) is 0 Å². The van der Waals surface area contributed by atoms with E-state index in [2.05, 4.69) is 19.4 Å². The lowest BCUT2D eigenvalue weighted by atomic mass is 10.0. The largest absolute Gasteiger partial charge is 0.487 e. The van der Waals surface area contributed by atoms with Crippen LogP contribution in [0.25, 0.3) is 10.8 Å². The van der Waals surface area contributed by atoms with Crippen LogP contribution in [-0.4, -0.2) is 63.6 Å². The molecule has 0 radical (unpaired) electrons. The molecular weight excluding hydrogens is 356 g/mol. The number of aromatic nitrogens is 3. The fraction of sp³-hybridized carbons (Fsp3) is 0.429. The number of piperidine rings is 1. The van der Waals surface area contributed by atoms with Gasteiger partial charge in [0.2, 0.25) is 0 Å². The van der Waals surface area contributed by atoms with Crippen LogP contribution in [0, 0.1) is 0 Å². The minimum Gasteiger partial charge on any atom is -0.487 e. The lowest BCUT2D eigenvalue weighted by molar-refractivity contribution is -0.0274. The number of β-amino-alcohol motifs (C(OH)–C–C–N with tert-alkyl or cyclic N) is 1. The van der Waals surface area contributed by atoms with Crippen molar-refractivity contribution >= 4 is 10.8 Å². The van der Waals surface area contributed by atoms with Gasteiger partial charge in [0.25, 0.3) is 0 Å². The highest BCUT2D eigenvalue weighted by atomic mass is 16.5. The normalized spacial score (nSPS) is 20.5. The summed E-state index contributed by atoms with van der Waals surface area (Å²) in [5, 5.41) is 12.8. The molecular formula is C21H26N4O3. The van der Waals surface area contributed by atoms with E-state index < -0.39 is 6.10 Å². The van der Waals surface area contributed by atoms with Gasteiger partial charge in [0.1, 0.15) is 18.0 Å². The Labute approximate surface area is 164 Å². The summed E-state index contributed by atoms with van der Waals surface area (Å²) in [4.78, 5) is 10.7. The lowest BCUT2D eigenvalue weighted by Gasteiger charge is -2.36. The van der Waals surface area contributed by atoms with Crippen LogP contribution in [0.1, 0.15) is 12.1 Å². The molecule has 0 saturated carbocycles. The van der Waals surface area contributed by atoms with Crippen molar-refractivity contribution < 1.29 is 14.6 Å². The lowest BCUT2D eigenvalue weighted by Crippen LogP contribution is -2.48. The minimum atomic E-state index is -0.541. The van der Waals surface area contributed by atoms with Gasteiger partial charge in [0.15, 0.2) is 0 Å². The van der Waals surface area contributed by atoms with Crippen LogP contribution < -0.4 is 4.74 Å². The number of imidazole rings is 1. The van der Waals surface area contributed by atoms with E-state index in [1.54, 1.807) is 13.3 Å². The van der Waals surface area contributed by atoms with Gasteiger partial charge >= 0.3 is 0 Å². The van der Waals surface area contributed by atoms with E-state index in [-0.39, 0.29) is 6.10 Å². The Morgan fingerprint density at radius 2 is 2.14 bits per heavy atom. The van der Waals surface area contributed by atoms with Crippen LogP contribution in [0.4, 0.5) is 0 Å². The fourth-order valence-corrected chi connectivity index (χ4v) is 3.72. The molecule has 3 heterocycles. The van der Waals surface area contributed by atoms with Crippen molar-refractivity contribution in [2.24, 2.45) is 0 Å². The van der Waals surface area contributed by atoms with Gasteiger partial charge in [-0.3, -0.25) is 9.88 Å². The highest BCUT2D eigenvalue weighted by Gasteiger charge is 2.30. The Hall–Kier alpha value is -2.48. The van der Waals surface area contributed by atoms with E-state index in [0.29, 0.717) is 13.2 Å². The third kappa shape index (κ3) is 4.16. The zero-order valence-electron chi connectivity index (χ0n) is 16.1. The Balaban J connectivity index is 1.38. The molecule has 1 aliphatic rings. The molecule has 1 fully saturated rings. The molecule has 2 aromatic heterocycles. The summed E-state index contributed by atoms with van der Waals surface area (Å²) in [6, 6.07) is 7.88. The van der Waals surface area contributed by atoms with Crippen LogP contribution in [0.5, 0.6) is 5.75 Å². The van der Waals surface area contributed by atoms with Crippen molar-refractivity contribution in [1.82, 2.24) is 19.4 Å². The Bertz CT molecular complexity index is 908. The molecule has 28 heavy (non-hydrogen) atoms. The molecule has 4 rings (SSSR count). The van der Waals surface area contributed by atoms with Crippen molar-refractivity contribution in [2.75, 3.05) is 26.8 Å². The van der Waals surface area contributed by atoms with E-state index in [0.717, 1.165) is 48.3 Å². The van der Waals surface area contributed by atoms with E-state index in [1.165, 1.54) is 0 Å². The topological polar surface area (TPSA) is 72.6 Å². The van der Waals surface area contributed by atoms with Gasteiger partial charge < -0.3 is 19.1 Å². The molecule has 2 atom stereocenters. The van der Waals surface area contributed by atoms with Crippen molar-refractivity contribution in [2.45, 2.75) is 31.7 Å². The molecule has 0 aliphatic carbocycles. The van der Waals surface area contributed by atoms with Gasteiger partial charge in [-0.25, -0.2) is 4.98 Å². The molecule has 1 saturated heterocycles. The average Bonchev–Trinajstić information content (AvgIpc) is 3.15. The van der Waals surface area contributed by atoms with Gasteiger partial charge in [0.05, 0.1) is 18.6 Å². The van der Waals surface area contributed by atoms with Crippen molar-refractivity contribution in [3.63, 3.8) is 0 Å². The number of likely N-dealkylation sites (tertiary alicyclic amines) is 1. The molecule has 1 aromatic carbocycles. The van der Waals surface area contributed by atoms with Crippen LogP contribution in [-0.2, 0) is 17.8 Å². The van der Waals surface area contributed by atoms with Gasteiger partial charge in [-0.2, -0.15) is 0 Å².